The van der Waals surface area contributed by atoms with Gasteiger partial charge in [0, 0.05) is 6.08 Å². The number of hydrogen-bond donors (Lipinski definition) is 0. The zero-order chi connectivity index (χ0) is 18.4. The minimum Gasteiger partial charge on any atom is -0.458 e. The summed E-state index contributed by atoms with van der Waals surface area (Å²) in [6.07, 6.45) is 3.10. The lowest BCUT2D eigenvalue weighted by Gasteiger charge is -2.08. The zero-order valence-corrected chi connectivity index (χ0v) is 14.5. The van der Waals surface area contributed by atoms with Gasteiger partial charge in [-0.05, 0) is 47.4 Å². The first-order valence-corrected chi connectivity index (χ1v) is 8.37. The minimum absolute atomic E-state index is 0.231. The van der Waals surface area contributed by atoms with E-state index in [0.29, 0.717) is 0 Å². The molecule has 0 bridgehead atoms. The zero-order valence-electron chi connectivity index (χ0n) is 14.5. The van der Waals surface area contributed by atoms with Gasteiger partial charge in [-0.2, -0.15) is 0 Å². The molecule has 0 saturated carbocycles. The number of carbonyl (C=O) groups excluding carboxylic acids is 1. The Morgan fingerprint density at radius 2 is 1.81 bits per heavy atom. The molecule has 0 atom stereocenters. The fourth-order valence-corrected chi connectivity index (χ4v) is 2.66. The van der Waals surface area contributed by atoms with Crippen molar-refractivity contribution in [2.75, 3.05) is 0 Å². The lowest BCUT2D eigenvalue weighted by Crippen LogP contribution is -2.00. The summed E-state index contributed by atoms with van der Waals surface area (Å²) in [4.78, 5) is 12.0. The Hall–Kier alpha value is -3.20. The van der Waals surface area contributed by atoms with E-state index in [1.165, 1.54) is 18.2 Å². The summed E-state index contributed by atoms with van der Waals surface area (Å²) < 4.78 is 18.8. The van der Waals surface area contributed by atoms with Crippen LogP contribution in [0.2, 0.25) is 0 Å². The summed E-state index contributed by atoms with van der Waals surface area (Å²) in [6, 6.07) is 21.8. The maximum Gasteiger partial charge on any atom is 0.331 e. The first-order chi connectivity index (χ1) is 12.6. The Kier molecular flexibility index (Phi) is 5.59. The number of carbonyl (C=O) groups is 1. The summed E-state index contributed by atoms with van der Waals surface area (Å²) in [5.41, 5.74) is 4.47. The van der Waals surface area contributed by atoms with Crippen LogP contribution in [-0.2, 0) is 16.1 Å². The van der Waals surface area contributed by atoms with Crippen molar-refractivity contribution in [1.82, 2.24) is 0 Å². The first kappa shape index (κ1) is 17.6. The highest BCUT2D eigenvalue weighted by Crippen LogP contribution is 2.26. The number of esters is 1. The molecule has 3 aromatic rings. The van der Waals surface area contributed by atoms with Crippen LogP contribution in [0.4, 0.5) is 4.39 Å². The maximum absolute atomic E-state index is 13.6. The third-order valence-corrected chi connectivity index (χ3v) is 3.97. The first-order valence-electron chi connectivity index (χ1n) is 8.37. The largest absolute Gasteiger partial charge is 0.458 e. The van der Waals surface area contributed by atoms with Gasteiger partial charge < -0.3 is 4.74 Å². The van der Waals surface area contributed by atoms with Gasteiger partial charge in [-0.3, -0.25) is 0 Å². The van der Waals surface area contributed by atoms with Crippen molar-refractivity contribution < 1.29 is 13.9 Å². The number of hydrogen-bond acceptors (Lipinski definition) is 2. The van der Waals surface area contributed by atoms with Crippen LogP contribution in [0.1, 0.15) is 16.7 Å². The summed E-state index contributed by atoms with van der Waals surface area (Å²) in [7, 11) is 0. The van der Waals surface area contributed by atoms with Crippen molar-refractivity contribution in [3.05, 3.63) is 101 Å². The van der Waals surface area contributed by atoms with Gasteiger partial charge in [0.05, 0.1) is 0 Å². The van der Waals surface area contributed by atoms with E-state index in [4.69, 9.17) is 4.74 Å². The smallest absolute Gasteiger partial charge is 0.331 e. The molecule has 3 heteroatoms. The molecule has 0 amide bonds. The highest BCUT2D eigenvalue weighted by molar-refractivity contribution is 5.89. The molecule has 0 spiro atoms. The predicted molar refractivity (Wildman–Crippen MR) is 102 cm³/mol. The normalized spacial score (nSPS) is 10.8. The van der Waals surface area contributed by atoms with Crippen molar-refractivity contribution in [2.45, 2.75) is 13.5 Å². The molecule has 2 nitrogen and oxygen atoms in total. The lowest BCUT2D eigenvalue weighted by atomic mass is 9.97. The molecule has 0 unspecified atom stereocenters. The Labute approximate surface area is 152 Å². The van der Waals surface area contributed by atoms with Crippen LogP contribution in [0.5, 0.6) is 0 Å². The van der Waals surface area contributed by atoms with E-state index >= 15 is 0 Å². The average molecular weight is 346 g/mol. The topological polar surface area (TPSA) is 26.3 Å². The van der Waals surface area contributed by atoms with Crippen LogP contribution >= 0.6 is 0 Å². The van der Waals surface area contributed by atoms with Crippen molar-refractivity contribution in [3.8, 4) is 11.1 Å². The number of halogens is 1. The number of rotatable bonds is 5. The van der Waals surface area contributed by atoms with E-state index in [-0.39, 0.29) is 12.4 Å². The molecule has 0 radical (unpaired) electrons. The van der Waals surface area contributed by atoms with E-state index in [1.54, 1.807) is 12.1 Å². The molecular weight excluding hydrogens is 327 g/mol. The second-order valence-corrected chi connectivity index (χ2v) is 6.03. The molecular formula is C23H19FO2. The van der Waals surface area contributed by atoms with Gasteiger partial charge in [0.15, 0.2) is 0 Å². The highest BCUT2D eigenvalue weighted by atomic mass is 19.1. The minimum atomic E-state index is -0.417. The Bertz CT molecular complexity index is 930. The van der Waals surface area contributed by atoms with E-state index in [1.807, 2.05) is 61.5 Å². The van der Waals surface area contributed by atoms with Gasteiger partial charge in [-0.25, -0.2) is 9.18 Å². The Morgan fingerprint density at radius 1 is 1.00 bits per heavy atom. The summed E-state index contributed by atoms with van der Waals surface area (Å²) in [5, 5.41) is 0. The van der Waals surface area contributed by atoms with Crippen LogP contribution in [-0.4, -0.2) is 5.97 Å². The Morgan fingerprint density at radius 3 is 2.58 bits per heavy atom. The molecule has 0 heterocycles. The van der Waals surface area contributed by atoms with E-state index in [2.05, 4.69) is 0 Å². The van der Waals surface area contributed by atoms with Crippen molar-refractivity contribution in [1.29, 1.82) is 0 Å². The summed E-state index contributed by atoms with van der Waals surface area (Å²) in [6.45, 7) is 2.21. The molecule has 0 N–H and O–H groups in total. The SMILES string of the molecule is Cc1ccc(/C=C/C(=O)OCc2ccccc2)c(-c2cccc(F)c2)c1. The second-order valence-electron chi connectivity index (χ2n) is 6.03. The molecule has 0 aliphatic carbocycles. The van der Waals surface area contributed by atoms with Crippen LogP contribution in [0.3, 0.4) is 0 Å². The van der Waals surface area contributed by atoms with Crippen LogP contribution in [0, 0.1) is 12.7 Å². The van der Waals surface area contributed by atoms with Gasteiger partial charge in [-0.15, -0.1) is 0 Å². The van der Waals surface area contributed by atoms with E-state index in [0.717, 1.165) is 27.8 Å². The number of aryl methyl sites for hydroxylation is 1. The van der Waals surface area contributed by atoms with E-state index < -0.39 is 5.97 Å². The highest BCUT2D eigenvalue weighted by Gasteiger charge is 2.06. The fourth-order valence-electron chi connectivity index (χ4n) is 2.66. The van der Waals surface area contributed by atoms with Gasteiger partial charge in [0.2, 0.25) is 0 Å². The third-order valence-electron chi connectivity index (χ3n) is 3.97. The molecule has 0 aromatic heterocycles. The molecule has 130 valence electrons. The summed E-state index contributed by atoms with van der Waals surface area (Å²) >= 11 is 0. The maximum atomic E-state index is 13.6. The van der Waals surface area contributed by atoms with Gasteiger partial charge >= 0.3 is 5.97 Å². The monoisotopic (exact) mass is 346 g/mol. The molecule has 0 fully saturated rings. The van der Waals surface area contributed by atoms with Crippen LogP contribution in [0.25, 0.3) is 17.2 Å². The Balaban J connectivity index is 1.77. The standard InChI is InChI=1S/C23H19FO2/c1-17-10-11-19(22(14-17)20-8-5-9-21(24)15-20)12-13-23(25)26-16-18-6-3-2-4-7-18/h2-15H,16H2,1H3/b13-12+. The van der Waals surface area contributed by atoms with Crippen molar-refractivity contribution >= 4 is 12.0 Å². The molecule has 0 aliphatic heterocycles. The van der Waals surface area contributed by atoms with E-state index in [9.17, 15) is 9.18 Å². The van der Waals surface area contributed by atoms with Gasteiger partial charge in [-0.1, -0.05) is 66.2 Å². The van der Waals surface area contributed by atoms with Crippen molar-refractivity contribution in [3.63, 3.8) is 0 Å². The van der Waals surface area contributed by atoms with Crippen LogP contribution < -0.4 is 0 Å². The molecule has 26 heavy (non-hydrogen) atoms. The second kappa shape index (κ2) is 8.26. The van der Waals surface area contributed by atoms with Crippen molar-refractivity contribution in [2.24, 2.45) is 0 Å². The quantitative estimate of drug-likeness (QED) is 0.447. The third kappa shape index (κ3) is 4.67. The molecule has 0 saturated heterocycles. The molecule has 3 rings (SSSR count). The average Bonchev–Trinajstić information content (AvgIpc) is 2.66. The van der Waals surface area contributed by atoms with Gasteiger partial charge in [0.1, 0.15) is 12.4 Å². The summed E-state index contributed by atoms with van der Waals surface area (Å²) in [5.74, 6) is -0.708. The number of benzene rings is 3. The molecule has 3 aromatic carbocycles. The lowest BCUT2D eigenvalue weighted by molar-refractivity contribution is -0.138. The van der Waals surface area contributed by atoms with Gasteiger partial charge in [0.25, 0.3) is 0 Å². The van der Waals surface area contributed by atoms with Crippen LogP contribution in [0.15, 0.2) is 78.9 Å². The molecule has 0 aliphatic rings. The fraction of sp³-hybridized carbons (Fsp3) is 0.0870. The predicted octanol–water partition coefficient (Wildman–Crippen LogP) is 5.56. The number of ether oxygens (including phenoxy) is 1.